The molecule has 1 fully saturated rings. The molecule has 0 aliphatic carbocycles. The van der Waals surface area contributed by atoms with Crippen molar-refractivity contribution in [2.45, 2.75) is 23.0 Å². The van der Waals surface area contributed by atoms with E-state index in [1.54, 1.807) is 0 Å². The van der Waals surface area contributed by atoms with E-state index in [0.29, 0.717) is 0 Å². The van der Waals surface area contributed by atoms with Crippen LogP contribution in [0.4, 0.5) is 35.1 Å². The fourth-order valence-electron chi connectivity index (χ4n) is 0.965. The molecular weight excluding hydrogens is 244 g/mol. The lowest BCUT2D eigenvalue weighted by Crippen LogP contribution is -2.60. The number of halogens is 8. The van der Waals surface area contributed by atoms with E-state index >= 15 is 0 Å². The van der Waals surface area contributed by atoms with E-state index in [1.807, 2.05) is 0 Å². The van der Waals surface area contributed by atoms with Gasteiger partial charge in [-0.15, -0.1) is 0 Å². The molecule has 0 nitrogen and oxygen atoms in total. The van der Waals surface area contributed by atoms with E-state index in [4.69, 9.17) is 0 Å². The largest absolute Gasteiger partial charge is 0.435 e. The average molecular weight is 246 g/mol. The van der Waals surface area contributed by atoms with Crippen molar-refractivity contribution in [3.8, 4) is 0 Å². The molecule has 0 aromatic carbocycles. The van der Waals surface area contributed by atoms with Crippen LogP contribution in [0.3, 0.4) is 0 Å². The maximum absolute atomic E-state index is 12.7. The SMILES string of the molecule is FC(F)(F)C1(F)C(F)(F)CSC1(F)F. The predicted molar refractivity (Wildman–Crippen MR) is 32.2 cm³/mol. The number of thioether (sulfide) groups is 1. The van der Waals surface area contributed by atoms with Crippen LogP contribution in [-0.4, -0.2) is 28.8 Å². The van der Waals surface area contributed by atoms with Gasteiger partial charge in [0, 0.05) is 0 Å². The van der Waals surface area contributed by atoms with Gasteiger partial charge in [0.15, 0.2) is 0 Å². The van der Waals surface area contributed by atoms with Crippen LogP contribution in [0, 0.1) is 0 Å². The standard InChI is InChI=1S/C5H2F8S/c6-2(7)1-14-5(12,13)3(2,8)4(9,10)11/h1H2. The number of hydrogen-bond donors (Lipinski definition) is 0. The highest BCUT2D eigenvalue weighted by atomic mass is 32.2. The van der Waals surface area contributed by atoms with Gasteiger partial charge in [0.05, 0.1) is 5.75 Å². The van der Waals surface area contributed by atoms with Crippen molar-refractivity contribution < 1.29 is 35.1 Å². The lowest BCUT2D eigenvalue weighted by Gasteiger charge is -2.31. The van der Waals surface area contributed by atoms with Crippen molar-refractivity contribution in [2.24, 2.45) is 0 Å². The van der Waals surface area contributed by atoms with Crippen LogP contribution in [0.5, 0.6) is 0 Å². The fraction of sp³-hybridized carbons (Fsp3) is 1.00. The number of alkyl halides is 8. The molecule has 0 amide bonds. The molecule has 1 atom stereocenters. The van der Waals surface area contributed by atoms with Gasteiger partial charge in [-0.3, -0.25) is 0 Å². The van der Waals surface area contributed by atoms with Crippen molar-refractivity contribution in [3.63, 3.8) is 0 Å². The second-order valence-corrected chi connectivity index (χ2v) is 3.76. The van der Waals surface area contributed by atoms with E-state index in [1.165, 1.54) is 0 Å². The topological polar surface area (TPSA) is 0 Å². The van der Waals surface area contributed by atoms with Gasteiger partial charge in [0.25, 0.3) is 0 Å². The molecule has 1 aliphatic heterocycles. The van der Waals surface area contributed by atoms with Gasteiger partial charge in [0.1, 0.15) is 0 Å². The second kappa shape index (κ2) is 2.67. The minimum absolute atomic E-state index is 1.04. The van der Waals surface area contributed by atoms with Crippen molar-refractivity contribution >= 4 is 11.8 Å². The molecule has 9 heteroatoms. The van der Waals surface area contributed by atoms with Gasteiger partial charge in [-0.2, -0.15) is 22.0 Å². The Bertz CT molecular complexity index is 227. The summed E-state index contributed by atoms with van der Waals surface area (Å²) in [5.41, 5.74) is -5.78. The summed E-state index contributed by atoms with van der Waals surface area (Å²) in [4.78, 5) is 0. The van der Waals surface area contributed by atoms with Crippen molar-refractivity contribution in [1.29, 1.82) is 0 Å². The molecule has 0 radical (unpaired) electrons. The molecule has 0 aromatic heterocycles. The molecule has 1 unspecified atom stereocenters. The number of rotatable bonds is 0. The third-order valence-corrected chi connectivity index (χ3v) is 2.88. The minimum atomic E-state index is -6.30. The molecule has 0 aromatic rings. The summed E-state index contributed by atoms with van der Waals surface area (Å²) in [6.07, 6.45) is -6.30. The molecule has 0 bridgehead atoms. The Morgan fingerprint density at radius 1 is 0.929 bits per heavy atom. The average Bonchev–Trinajstić information content (AvgIpc) is 2.11. The fourth-order valence-corrected chi connectivity index (χ4v) is 1.99. The van der Waals surface area contributed by atoms with E-state index in [0.717, 1.165) is 0 Å². The highest BCUT2D eigenvalue weighted by Crippen LogP contribution is 2.63. The molecule has 0 N–H and O–H groups in total. The van der Waals surface area contributed by atoms with Crippen molar-refractivity contribution in [2.75, 3.05) is 5.75 Å². The molecule has 14 heavy (non-hydrogen) atoms. The minimum Gasteiger partial charge on any atom is -0.219 e. The molecule has 1 rings (SSSR count). The third-order valence-electron chi connectivity index (χ3n) is 1.73. The first-order valence-corrected chi connectivity index (χ1v) is 4.09. The monoisotopic (exact) mass is 246 g/mol. The lowest BCUT2D eigenvalue weighted by atomic mass is 9.99. The zero-order valence-corrected chi connectivity index (χ0v) is 6.96. The smallest absolute Gasteiger partial charge is 0.219 e. The maximum atomic E-state index is 12.7. The third kappa shape index (κ3) is 1.20. The van der Waals surface area contributed by atoms with Gasteiger partial charge < -0.3 is 0 Å². The Hall–Kier alpha value is -0.210. The predicted octanol–water partition coefficient (Wildman–Crippen LogP) is 3.23. The first kappa shape index (κ1) is 11.9. The Labute approximate surface area is 76.6 Å². The highest BCUT2D eigenvalue weighted by molar-refractivity contribution is 8.00. The Morgan fingerprint density at radius 2 is 1.36 bits per heavy atom. The first-order chi connectivity index (χ1) is 5.96. The van der Waals surface area contributed by atoms with Crippen molar-refractivity contribution in [3.05, 3.63) is 0 Å². The van der Waals surface area contributed by atoms with E-state index < -0.39 is 40.5 Å². The van der Waals surface area contributed by atoms with E-state index in [9.17, 15) is 35.1 Å². The molecule has 1 saturated heterocycles. The Kier molecular flexibility index (Phi) is 2.26. The summed E-state index contributed by atoms with van der Waals surface area (Å²) in [6.45, 7) is 0. The van der Waals surface area contributed by atoms with Gasteiger partial charge in [-0.1, -0.05) is 11.8 Å². The first-order valence-electron chi connectivity index (χ1n) is 3.11. The maximum Gasteiger partial charge on any atom is 0.435 e. The van der Waals surface area contributed by atoms with Crippen LogP contribution in [-0.2, 0) is 0 Å². The zero-order chi connectivity index (χ0) is 11.4. The normalized spacial score (nSPS) is 36.0. The Morgan fingerprint density at radius 3 is 1.50 bits per heavy atom. The van der Waals surface area contributed by atoms with Crippen molar-refractivity contribution in [1.82, 2.24) is 0 Å². The van der Waals surface area contributed by atoms with Gasteiger partial charge in [-0.05, 0) is 0 Å². The number of hydrogen-bond acceptors (Lipinski definition) is 1. The highest BCUT2D eigenvalue weighted by Gasteiger charge is 2.86. The summed E-state index contributed by atoms with van der Waals surface area (Å²) < 4.78 is 97.6. The van der Waals surface area contributed by atoms with Crippen LogP contribution >= 0.6 is 11.8 Å². The lowest BCUT2D eigenvalue weighted by molar-refractivity contribution is -0.331. The Balaban J connectivity index is 3.27. The summed E-state index contributed by atoms with van der Waals surface area (Å²) in [5.74, 6) is -7.00. The van der Waals surface area contributed by atoms with Crippen LogP contribution < -0.4 is 0 Å². The van der Waals surface area contributed by atoms with Crippen LogP contribution in [0.2, 0.25) is 0 Å². The summed E-state index contributed by atoms with van der Waals surface area (Å²) in [7, 11) is 0. The summed E-state index contributed by atoms with van der Waals surface area (Å²) in [6, 6.07) is 0. The summed E-state index contributed by atoms with van der Waals surface area (Å²) in [5, 5.41) is -5.16. The van der Waals surface area contributed by atoms with E-state index in [2.05, 4.69) is 0 Å². The van der Waals surface area contributed by atoms with Gasteiger partial charge in [-0.25, -0.2) is 13.2 Å². The van der Waals surface area contributed by atoms with E-state index in [-0.39, 0.29) is 0 Å². The van der Waals surface area contributed by atoms with Gasteiger partial charge >= 0.3 is 23.0 Å². The van der Waals surface area contributed by atoms with Crippen LogP contribution in [0.15, 0.2) is 0 Å². The van der Waals surface area contributed by atoms with Crippen LogP contribution in [0.25, 0.3) is 0 Å². The quantitative estimate of drug-likeness (QED) is 0.591. The molecule has 1 aliphatic rings. The molecular formula is C5H2F8S. The molecule has 0 spiro atoms. The molecule has 1 heterocycles. The zero-order valence-electron chi connectivity index (χ0n) is 6.14. The second-order valence-electron chi connectivity index (χ2n) is 2.67. The van der Waals surface area contributed by atoms with Gasteiger partial charge in [0.2, 0.25) is 0 Å². The molecule has 0 saturated carbocycles. The molecule has 84 valence electrons. The van der Waals surface area contributed by atoms with Crippen LogP contribution in [0.1, 0.15) is 0 Å². The summed E-state index contributed by atoms with van der Waals surface area (Å²) >= 11 is -1.04.